The summed E-state index contributed by atoms with van der Waals surface area (Å²) < 4.78 is 67.7. The fourth-order valence-corrected chi connectivity index (χ4v) is 16.2. The van der Waals surface area contributed by atoms with Crippen LogP contribution in [-0.2, 0) is 25.9 Å². The zero-order chi connectivity index (χ0) is 85.3. The Morgan fingerprint density at radius 3 is 1.24 bits per heavy atom. The minimum atomic E-state index is -0.245. The minimum Gasteiger partial charge on any atom is -0.490 e. The summed E-state index contributed by atoms with van der Waals surface area (Å²) in [5.74, 6) is 9.36. The Bertz CT molecular complexity index is 5910. The van der Waals surface area contributed by atoms with Gasteiger partial charge in [-0.1, -0.05) is 81.3 Å². The molecule has 2 aliphatic heterocycles. The van der Waals surface area contributed by atoms with Crippen molar-refractivity contribution in [3.63, 3.8) is 0 Å². The predicted octanol–water partition coefficient (Wildman–Crippen LogP) is 16.6. The molecule has 4 aliphatic rings. The number of nitrogens with zero attached hydrogens (tertiary/aromatic N) is 10. The molecule has 1 unspecified atom stereocenters. The number of carbonyl (C=O) groups excluding carboxylic acids is 1. The number of aromatic amines is 2. The second-order valence-corrected chi connectivity index (χ2v) is 29.6. The van der Waals surface area contributed by atoms with Gasteiger partial charge < -0.3 is 86.6 Å². The topological polar surface area (TPSA) is 357 Å². The number of benzene rings is 8. The highest BCUT2D eigenvalue weighted by Crippen LogP contribution is 2.44. The number of aliphatic hydroxyl groups is 3. The summed E-state index contributed by atoms with van der Waals surface area (Å²) in [5, 5.41) is 51.1. The van der Waals surface area contributed by atoms with E-state index in [2.05, 4.69) is 73.9 Å². The minimum absolute atomic E-state index is 0.0925. The Kier molecular flexibility index (Phi) is 27.9. The molecule has 14 aromatic rings. The maximum atomic E-state index is 12.0. The quantitative estimate of drug-likeness (QED) is 0.0220. The molecule has 2 saturated heterocycles. The number of fused-ring (bicyclic) bond motifs is 4. The summed E-state index contributed by atoms with van der Waals surface area (Å²) >= 11 is 0. The fourth-order valence-electron chi connectivity index (χ4n) is 16.2. The van der Waals surface area contributed by atoms with Gasteiger partial charge in [-0.15, -0.1) is 0 Å². The number of Topliss-reactive ketones (excluding diaryl/α,β-unsaturated/α-hetero) is 1. The van der Waals surface area contributed by atoms with Crippen molar-refractivity contribution in [2.24, 2.45) is 0 Å². The second kappa shape index (κ2) is 40.3. The van der Waals surface area contributed by atoms with Crippen molar-refractivity contribution in [3.8, 4) is 137 Å². The van der Waals surface area contributed by atoms with Crippen LogP contribution in [0.5, 0.6) is 46.0 Å². The molecular formula is C94H103N13O16. The van der Waals surface area contributed by atoms with E-state index >= 15 is 0 Å². The van der Waals surface area contributed by atoms with Crippen molar-refractivity contribution in [2.75, 3.05) is 92.2 Å². The number of aromatic nitrogens is 10. The number of aliphatic hydroxyl groups excluding tert-OH is 3. The summed E-state index contributed by atoms with van der Waals surface area (Å²) in [6.45, 7) is 25.1. The Morgan fingerprint density at radius 1 is 0.423 bits per heavy atom. The largest absolute Gasteiger partial charge is 0.490 e. The zero-order valence-electron chi connectivity index (χ0n) is 70.4. The third-order valence-electron chi connectivity index (χ3n) is 21.6. The molecular weight excluding hydrogens is 1570 g/mol. The number of H-pyrrole nitrogens is 2. The first-order valence-electron chi connectivity index (χ1n) is 42.3. The average Bonchev–Trinajstić information content (AvgIpc) is 1.64. The van der Waals surface area contributed by atoms with Crippen molar-refractivity contribution in [1.29, 1.82) is 0 Å². The highest BCUT2D eigenvalue weighted by atomic mass is 16.5. The van der Waals surface area contributed by atoms with Crippen LogP contribution in [0.15, 0.2) is 176 Å². The van der Waals surface area contributed by atoms with Crippen molar-refractivity contribution >= 4 is 27.6 Å². The third kappa shape index (κ3) is 19.4. The second-order valence-electron chi connectivity index (χ2n) is 29.6. The molecule has 123 heavy (non-hydrogen) atoms. The molecule has 0 bridgehead atoms. The number of rotatable bonds is 31. The molecule has 0 amide bonds. The molecule has 2 fully saturated rings. The van der Waals surface area contributed by atoms with E-state index < -0.39 is 0 Å². The maximum Gasteiger partial charge on any atom is 0.258 e. The van der Waals surface area contributed by atoms with Gasteiger partial charge in [-0.05, 0) is 200 Å². The zero-order valence-corrected chi connectivity index (χ0v) is 70.4. The molecule has 0 saturated carbocycles. The number of nitrogens with one attached hydrogen (secondary N) is 3. The predicted molar refractivity (Wildman–Crippen MR) is 464 cm³/mol. The average molecular weight is 1670 g/mol. The standard InChI is InChI=1S/C25H28N4O4.C25H29N3O4.C23H26N4O4.C21H20N2O4/c1-3-31-21-9-8-16(12-22(21)32-4-2)25-27-24(28-33-25)19-6-5-7-20-23(19)17(13-26-20)14-29-11-10-18(30)15-29;1-3-30-22-11-8-16(14-23(22)31-4-2)25-26-24(27-32-25)20-7-5-6-19-18(20)9-10-21(19)28-13-12-17(29)15-28;1-3-29-19-9-8-15(12-20(19)30-4-2)23-26-22(27-31-23)17-6-5-7-18-21(17)16(14-25-18)13-24-10-11-28;1-3-25-18-11-8-13(12-19(18)26-4-2)21-22-20(23-27-21)16-7-5-6-15-14(16)9-10-17(15)24/h5-9,12-13,18,26,30H,3-4,10-11,14-15H2,1-2H3;5-8,11,14,17,21,29H,3-4,9-10,12-13,15H2,1-2H3;5-9,12,14,24-25,28H,3-4,10-11,13H2,1-2H3;5-8,11-12H,3-4,9-10H2,1-2H3/t18-;17-,21?;;/m01../s1. The lowest BCUT2D eigenvalue weighted by Gasteiger charge is -2.24. The van der Waals surface area contributed by atoms with E-state index in [1.807, 2.05) is 195 Å². The monoisotopic (exact) mass is 1670 g/mol. The number of hydrogen-bond donors (Lipinski definition) is 6. The van der Waals surface area contributed by atoms with Crippen LogP contribution in [0, 0.1) is 0 Å². The highest BCUT2D eigenvalue weighted by molar-refractivity contribution is 6.02. The lowest BCUT2D eigenvalue weighted by molar-refractivity contribution is 0.0994. The molecule has 18 rings (SSSR count). The Balaban J connectivity index is 0.000000127. The van der Waals surface area contributed by atoms with Crippen LogP contribution in [0.25, 0.3) is 113 Å². The molecule has 640 valence electrons. The Labute approximate surface area is 712 Å². The van der Waals surface area contributed by atoms with Crippen LogP contribution in [0.2, 0.25) is 0 Å². The first-order chi connectivity index (χ1) is 60.3. The molecule has 8 aromatic carbocycles. The Hall–Kier alpha value is -12.8. The van der Waals surface area contributed by atoms with Crippen LogP contribution < -0.4 is 43.2 Å². The number of ketones is 1. The van der Waals surface area contributed by atoms with E-state index in [0.29, 0.717) is 184 Å². The molecule has 0 spiro atoms. The molecule has 2 aliphatic carbocycles. The van der Waals surface area contributed by atoms with Gasteiger partial charge in [0.15, 0.2) is 51.8 Å². The lowest BCUT2D eigenvalue weighted by Crippen LogP contribution is -2.26. The number of hydrogen-bond acceptors (Lipinski definition) is 27. The fraction of sp³-hybridized carbons (Fsp3) is 0.351. The van der Waals surface area contributed by atoms with Gasteiger partial charge in [0.2, 0.25) is 23.3 Å². The summed E-state index contributed by atoms with van der Waals surface area (Å²) in [7, 11) is 0. The summed E-state index contributed by atoms with van der Waals surface area (Å²) in [5.41, 5.74) is 15.4. The van der Waals surface area contributed by atoms with Gasteiger partial charge in [-0.3, -0.25) is 14.6 Å². The van der Waals surface area contributed by atoms with Crippen LogP contribution in [-0.4, -0.2) is 186 Å². The van der Waals surface area contributed by atoms with Gasteiger partial charge in [0.1, 0.15) is 0 Å². The maximum absolute atomic E-state index is 12.0. The van der Waals surface area contributed by atoms with Crippen molar-refractivity contribution < 1.29 is 76.1 Å². The van der Waals surface area contributed by atoms with Crippen LogP contribution >= 0.6 is 0 Å². The highest BCUT2D eigenvalue weighted by Gasteiger charge is 2.35. The lowest BCUT2D eigenvalue weighted by atomic mass is 10.0. The third-order valence-corrected chi connectivity index (χ3v) is 21.6. The van der Waals surface area contributed by atoms with E-state index in [4.69, 9.17) is 71.1 Å². The van der Waals surface area contributed by atoms with E-state index in [1.54, 1.807) is 0 Å². The van der Waals surface area contributed by atoms with Crippen molar-refractivity contribution in [2.45, 2.75) is 125 Å². The summed E-state index contributed by atoms with van der Waals surface area (Å²) in [6.07, 6.45) is 8.48. The van der Waals surface area contributed by atoms with Gasteiger partial charge >= 0.3 is 0 Å². The number of ether oxygens (including phenoxy) is 8. The van der Waals surface area contributed by atoms with Crippen LogP contribution in [0.3, 0.4) is 0 Å². The van der Waals surface area contributed by atoms with Gasteiger partial charge in [0, 0.05) is 143 Å². The SMILES string of the molecule is CCOc1ccc(-c2nc(-c3cccc4[nH]cc(CN5CC[C@H](O)C5)c34)no2)cc1OCC.CCOc1ccc(-c2nc(-c3cccc4[nH]cc(CNCCO)c34)no2)cc1OCC.CCOc1ccc(-c2nc(-c3cccc4c3CCC4=O)no2)cc1OCC.CCOc1ccc(-c2nc(-c3cccc4c3CCC4N3CC[C@@H](O)C3)no2)cc1OCC. The van der Waals surface area contributed by atoms with E-state index in [0.717, 1.165) is 140 Å². The van der Waals surface area contributed by atoms with Crippen molar-refractivity contribution in [1.82, 2.24) is 65.6 Å². The normalized spacial score (nSPS) is 15.4. The summed E-state index contributed by atoms with van der Waals surface area (Å²) in [6, 6.07) is 46.7. The van der Waals surface area contributed by atoms with Crippen molar-refractivity contribution in [3.05, 3.63) is 191 Å². The number of likely N-dealkylation sites (tertiary alicyclic amines) is 2. The molecule has 29 heteroatoms. The van der Waals surface area contributed by atoms with E-state index in [1.165, 1.54) is 11.1 Å². The summed E-state index contributed by atoms with van der Waals surface area (Å²) in [4.78, 5) is 41.9. The first-order valence-corrected chi connectivity index (χ1v) is 42.3. The van der Waals surface area contributed by atoms with Gasteiger partial charge in [0.05, 0.1) is 71.7 Å². The van der Waals surface area contributed by atoms with E-state index in [9.17, 15) is 15.0 Å². The van der Waals surface area contributed by atoms with Gasteiger partial charge in [-0.2, -0.15) is 19.9 Å². The molecule has 6 aromatic heterocycles. The van der Waals surface area contributed by atoms with Gasteiger partial charge in [0.25, 0.3) is 23.6 Å². The smallest absolute Gasteiger partial charge is 0.258 e. The molecule has 6 N–H and O–H groups in total. The molecule has 0 radical (unpaired) electrons. The first kappa shape index (κ1) is 85.2. The number of β-amino-alcohol motifs (C(OH)–C–C–N with tert-alkyl or cyclic N) is 2. The van der Waals surface area contributed by atoms with Crippen LogP contribution in [0.4, 0.5) is 0 Å². The Morgan fingerprint density at radius 2 is 0.813 bits per heavy atom. The van der Waals surface area contributed by atoms with Gasteiger partial charge in [-0.25, -0.2) is 0 Å². The van der Waals surface area contributed by atoms with E-state index in [-0.39, 0.29) is 24.6 Å². The molecule has 29 nitrogen and oxygen atoms in total. The number of carbonyl (C=O) groups is 1. The van der Waals surface area contributed by atoms with Crippen LogP contribution in [0.1, 0.15) is 125 Å². The molecule has 3 atom stereocenters. The molecule has 8 heterocycles.